The first kappa shape index (κ1) is 142. The van der Waals surface area contributed by atoms with E-state index in [4.69, 9.17) is 28.4 Å². The molecule has 25 nitrogen and oxygen atoms in total. The maximum absolute atomic E-state index is 12.7. The lowest BCUT2D eigenvalue weighted by molar-refractivity contribution is -0.0196. The number of piperidine rings is 6. The number of hydrogen-bond acceptors (Lipinski definition) is 19. The van der Waals surface area contributed by atoms with Crippen molar-refractivity contribution >= 4 is 36.6 Å². The number of hydrogen-bond donors (Lipinski definition) is 1. The van der Waals surface area contributed by atoms with Gasteiger partial charge < -0.3 is 82.3 Å². The van der Waals surface area contributed by atoms with Crippen LogP contribution in [0.25, 0.3) is 0 Å². The average Bonchev–Trinajstić information content (AvgIpc) is 1.57. The molecule has 1 N–H and O–H groups in total. The minimum absolute atomic E-state index is 0.0287. The molecule has 16 rings (SSSR count). The number of amides is 6. The van der Waals surface area contributed by atoms with Crippen LogP contribution in [-0.2, 0) is 34.8 Å². The Morgan fingerprint density at radius 2 is 0.517 bits per heavy atom. The number of likely N-dealkylation sites (tertiary alicyclic amines) is 11. The molecular formula is C120H239N13O12. The summed E-state index contributed by atoms with van der Waals surface area (Å²) in [5.41, 5.74) is 5.45. The summed E-state index contributed by atoms with van der Waals surface area (Å²) < 4.78 is 34.5. The van der Waals surface area contributed by atoms with E-state index < -0.39 is 0 Å². The monoisotopic (exact) mass is 2050 g/mol. The van der Waals surface area contributed by atoms with Crippen molar-refractivity contribution in [3.63, 3.8) is 0 Å². The van der Waals surface area contributed by atoms with Crippen LogP contribution in [0.4, 0.5) is 28.8 Å². The maximum Gasteiger partial charge on any atom is 0.425 e. The third kappa shape index (κ3) is 47.4. The molecule has 12 aliphatic heterocycles. The van der Waals surface area contributed by atoms with Gasteiger partial charge in [0.05, 0.1) is 5.54 Å². The van der Waals surface area contributed by atoms with Gasteiger partial charge in [0.15, 0.2) is 0 Å². The standard InChI is InChI=1S/C20H30N2O2.C17H30N2O2.C16H28N2O2.C15H26N2O2.C15H28N2O2.C13H25N3O2.12C2H6/c1-20(2)14-17(13-16-7-5-4-6-8-16)15-22(20)19(23)24-18-9-11-21(3)12-10-18;1-16(2)12-17(8-4-5-9-17)13-19(16)15(20)21-14-6-10-18(3)11-7-14;1-15(2)11-16(7-4-8-16)12-18(15)14(19)20-13-5-9-17(3)10-6-13;1-14(2)10-15(6-7-15)11-17(14)13(18)19-12-4-8-16(3)9-5-12;1-14(2)10-15(3,4)17(11-14)13(18)19-12-6-8-16(5)9-7-12;1-13(2)7-4-8-14-16(13)12(17)18-11-5-9-15(3)10-6-11;12*1-2/h4-8,17-18H,9-15H2,1-3H3;14H,4-13H2,1-3H3;13H,4-12H2,1-3H3;12H,4-11H2,1-3H3;12H,6-11H2,1-5H3;11,14H,4-10H2,1-3H3;12*1-2H3. The van der Waals surface area contributed by atoms with E-state index in [1.54, 1.807) is 5.01 Å². The summed E-state index contributed by atoms with van der Waals surface area (Å²) in [6.45, 7) is 95.8. The molecule has 6 amide bonds. The van der Waals surface area contributed by atoms with Gasteiger partial charge in [-0.25, -0.2) is 39.2 Å². The van der Waals surface area contributed by atoms with E-state index in [0.29, 0.717) is 22.2 Å². The highest BCUT2D eigenvalue weighted by Gasteiger charge is 2.59. The van der Waals surface area contributed by atoms with Crippen molar-refractivity contribution in [1.82, 2.24) is 64.3 Å². The first-order valence-corrected chi connectivity index (χ1v) is 59.6. The largest absolute Gasteiger partial charge is 0.446 e. The minimum atomic E-state index is -0.214. The van der Waals surface area contributed by atoms with Crippen LogP contribution in [0.2, 0.25) is 0 Å². The number of nitrogens with one attached hydrogen (secondary N) is 1. The zero-order valence-electron chi connectivity index (χ0n) is 103. The van der Waals surface area contributed by atoms with E-state index >= 15 is 0 Å². The molecular weight excluding hydrogens is 1820 g/mol. The zero-order chi connectivity index (χ0) is 112. The Bertz CT molecular complexity index is 3440. The molecule has 1 unspecified atom stereocenters. The fraction of sp³-hybridized carbons (Fsp3) is 0.900. The highest BCUT2D eigenvalue weighted by atomic mass is 16.6. The minimum Gasteiger partial charge on any atom is -0.446 e. The zero-order valence-corrected chi connectivity index (χ0v) is 103. The number of benzene rings is 1. The van der Waals surface area contributed by atoms with Gasteiger partial charge in [-0.2, -0.15) is 0 Å². The fourth-order valence-corrected chi connectivity index (χ4v) is 23.0. The first-order valence-electron chi connectivity index (χ1n) is 59.6. The molecule has 1 aromatic carbocycles. The van der Waals surface area contributed by atoms with Gasteiger partial charge in [0.25, 0.3) is 0 Å². The van der Waals surface area contributed by atoms with E-state index in [-0.39, 0.29) is 112 Å². The van der Waals surface area contributed by atoms with Gasteiger partial charge >= 0.3 is 36.6 Å². The van der Waals surface area contributed by atoms with Crippen molar-refractivity contribution in [2.45, 2.75) is 519 Å². The molecule has 3 spiro atoms. The summed E-state index contributed by atoms with van der Waals surface area (Å²) >= 11 is 0. The Morgan fingerprint density at radius 1 is 0.276 bits per heavy atom. The Morgan fingerprint density at radius 3 is 0.759 bits per heavy atom. The second-order valence-electron chi connectivity index (χ2n) is 45.2. The van der Waals surface area contributed by atoms with Gasteiger partial charge in [0.1, 0.15) is 36.6 Å². The van der Waals surface area contributed by atoms with Gasteiger partial charge in [0.2, 0.25) is 0 Å². The lowest BCUT2D eigenvalue weighted by Gasteiger charge is -2.42. The molecule has 15 aliphatic rings. The number of carbonyl (C=O) groups excluding carboxylic acids is 6. The van der Waals surface area contributed by atoms with Crippen molar-refractivity contribution in [1.29, 1.82) is 0 Å². The molecule has 3 aliphatic carbocycles. The SMILES string of the molecule is CC.CC.CC.CC.CC.CC.CC.CC.CC.CC.CC.CC.CN1CCC(OC(=O)N2CC(C)(C)CC2(C)C)CC1.CN1CCC(OC(=O)N2CC(Cc3ccccc3)CC2(C)C)CC1.CN1CCC(OC(=O)N2CC3(CC3)CC2(C)C)CC1.CN1CCC(OC(=O)N2CC3(CCC3)CC2(C)C)CC1.CN1CCC(OC(=O)N2CC3(CCCC3)CC2(C)C)CC1.CN1CCC(OC(=O)N2NCCCC2(C)C)CC1. The van der Waals surface area contributed by atoms with Crippen LogP contribution in [0.15, 0.2) is 30.3 Å². The third-order valence-electron chi connectivity index (χ3n) is 30.4. The van der Waals surface area contributed by atoms with Gasteiger partial charge in [-0.15, -0.1) is 0 Å². The van der Waals surface area contributed by atoms with Gasteiger partial charge in [-0.1, -0.05) is 230 Å². The summed E-state index contributed by atoms with van der Waals surface area (Å²) in [6, 6.07) is 10.6. The smallest absolute Gasteiger partial charge is 0.425 e. The van der Waals surface area contributed by atoms with E-state index in [0.717, 1.165) is 246 Å². The summed E-state index contributed by atoms with van der Waals surface area (Å²) in [6.07, 6.45) is 31.8. The predicted octanol–water partition coefficient (Wildman–Crippen LogP) is 28.8. The van der Waals surface area contributed by atoms with Crippen LogP contribution in [0.5, 0.6) is 0 Å². The lowest BCUT2D eigenvalue weighted by Crippen LogP contribution is -2.59. The predicted molar refractivity (Wildman–Crippen MR) is 615 cm³/mol. The van der Waals surface area contributed by atoms with E-state index in [2.05, 4.69) is 198 Å². The molecule has 145 heavy (non-hydrogen) atoms. The van der Waals surface area contributed by atoms with Crippen LogP contribution < -0.4 is 5.43 Å². The van der Waals surface area contributed by atoms with E-state index in [9.17, 15) is 28.8 Å². The molecule has 0 radical (unpaired) electrons. The van der Waals surface area contributed by atoms with Crippen molar-refractivity contribution in [2.24, 2.45) is 27.6 Å². The van der Waals surface area contributed by atoms with Gasteiger partial charge in [0, 0.05) is 146 Å². The molecule has 12 saturated heterocycles. The molecule has 15 fully saturated rings. The first-order chi connectivity index (χ1) is 68.8. The van der Waals surface area contributed by atoms with Crippen LogP contribution in [0, 0.1) is 27.6 Å². The molecule has 1 atom stereocenters. The average molecular weight is 2060 g/mol. The lowest BCUT2D eigenvalue weighted by atomic mass is 9.66. The summed E-state index contributed by atoms with van der Waals surface area (Å²) in [4.78, 5) is 98.5. The third-order valence-corrected chi connectivity index (χ3v) is 30.4. The molecule has 25 heteroatoms. The molecule has 0 aromatic heterocycles. The second kappa shape index (κ2) is 71.5. The molecule has 0 bridgehead atoms. The summed E-state index contributed by atoms with van der Waals surface area (Å²) in [5.74, 6) is 0.507. The molecule has 856 valence electrons. The van der Waals surface area contributed by atoms with Crippen LogP contribution in [0.3, 0.4) is 0 Å². The Balaban J connectivity index is 0. The number of rotatable bonds is 8. The summed E-state index contributed by atoms with van der Waals surface area (Å²) in [5, 5.41) is 1.68. The molecule has 1 aromatic rings. The number of nitrogens with zero attached hydrogens (tertiary/aromatic N) is 12. The van der Waals surface area contributed by atoms with Gasteiger partial charge in [-0.05, 0) is 325 Å². The number of ether oxygens (including phenoxy) is 6. The van der Waals surface area contributed by atoms with Crippen molar-refractivity contribution < 1.29 is 57.2 Å². The van der Waals surface area contributed by atoms with E-state index in [1.165, 1.54) is 63.4 Å². The van der Waals surface area contributed by atoms with Crippen molar-refractivity contribution in [3.8, 4) is 0 Å². The maximum atomic E-state index is 12.7. The highest BCUT2D eigenvalue weighted by molar-refractivity contribution is 5.72. The van der Waals surface area contributed by atoms with Crippen LogP contribution in [-0.4, -0.2) is 325 Å². The number of carbonyl (C=O) groups is 6. The van der Waals surface area contributed by atoms with Crippen LogP contribution in [0.1, 0.15) is 448 Å². The Kier molecular flexibility index (Phi) is 69.8. The Hall–Kier alpha value is -5.44. The van der Waals surface area contributed by atoms with Crippen LogP contribution >= 0.6 is 0 Å². The normalized spacial score (nSPS) is 23.7. The molecule has 12 heterocycles. The topological polar surface area (TPSA) is 209 Å². The quantitative estimate of drug-likeness (QED) is 0.240. The molecule has 3 saturated carbocycles. The van der Waals surface area contributed by atoms with E-state index in [1.807, 2.05) is 197 Å². The Labute approximate surface area is 895 Å². The van der Waals surface area contributed by atoms with Gasteiger partial charge in [-0.3, -0.25) is 0 Å². The fourth-order valence-electron chi connectivity index (χ4n) is 23.0. The van der Waals surface area contributed by atoms with Crippen molar-refractivity contribution in [2.75, 3.05) is 160 Å². The highest BCUT2D eigenvalue weighted by Crippen LogP contribution is 2.59. The second-order valence-corrected chi connectivity index (χ2v) is 45.2. The number of hydrazine groups is 1. The van der Waals surface area contributed by atoms with Crippen molar-refractivity contribution in [3.05, 3.63) is 35.9 Å². The summed E-state index contributed by atoms with van der Waals surface area (Å²) in [7, 11) is 12.7.